The Kier molecular flexibility index (Phi) is 3.53. The summed E-state index contributed by atoms with van der Waals surface area (Å²) in [6, 6.07) is 0. The molecule has 0 spiro atoms. The van der Waals surface area contributed by atoms with Gasteiger partial charge < -0.3 is 9.88 Å². The average molecular weight is 235 g/mol. The molecule has 6 heteroatoms. The van der Waals surface area contributed by atoms with Gasteiger partial charge in [0.25, 0.3) is 0 Å². The van der Waals surface area contributed by atoms with Crippen LogP contribution in [0.4, 0.5) is 0 Å². The van der Waals surface area contributed by atoms with Crippen LogP contribution < -0.4 is 5.32 Å². The predicted octanol–water partition coefficient (Wildman–Crippen LogP) is 1.08. The van der Waals surface area contributed by atoms with E-state index in [1.54, 1.807) is 6.20 Å². The highest BCUT2D eigenvalue weighted by Crippen LogP contribution is 2.21. The van der Waals surface area contributed by atoms with Crippen LogP contribution in [0.3, 0.4) is 0 Å². The summed E-state index contributed by atoms with van der Waals surface area (Å²) in [5, 5.41) is 4.66. The Balaban J connectivity index is 2.08. The summed E-state index contributed by atoms with van der Waals surface area (Å²) in [6.07, 6.45) is 7.32. The molecule has 0 unspecified atom stereocenters. The molecule has 16 heavy (non-hydrogen) atoms. The Morgan fingerprint density at radius 3 is 2.62 bits per heavy atom. The summed E-state index contributed by atoms with van der Waals surface area (Å²) in [4.78, 5) is 12.7. The van der Waals surface area contributed by atoms with Crippen molar-refractivity contribution < 1.29 is 0 Å². The minimum Gasteiger partial charge on any atom is -0.329 e. The molecule has 2 aromatic rings. The molecular formula is C10H13N5S. The lowest BCUT2D eigenvalue weighted by atomic mass is 10.3. The van der Waals surface area contributed by atoms with Crippen LogP contribution in [0.25, 0.3) is 0 Å². The number of nitrogens with zero attached hydrogens (tertiary/aromatic N) is 4. The van der Waals surface area contributed by atoms with Crippen molar-refractivity contribution >= 4 is 11.8 Å². The second kappa shape index (κ2) is 5.09. The summed E-state index contributed by atoms with van der Waals surface area (Å²) in [6.45, 7) is 0.785. The molecule has 0 saturated heterocycles. The molecule has 0 radical (unpaired) electrons. The van der Waals surface area contributed by atoms with Crippen LogP contribution in [0.5, 0.6) is 0 Å². The lowest BCUT2D eigenvalue weighted by Gasteiger charge is -2.01. The minimum atomic E-state index is 0.717. The third kappa shape index (κ3) is 2.59. The largest absolute Gasteiger partial charge is 0.329 e. The average Bonchev–Trinajstić information content (AvgIpc) is 2.68. The molecule has 84 valence electrons. The molecule has 0 atom stereocenters. The molecule has 0 aliphatic rings. The van der Waals surface area contributed by atoms with Gasteiger partial charge >= 0.3 is 0 Å². The summed E-state index contributed by atoms with van der Waals surface area (Å²) in [7, 11) is 3.85. The van der Waals surface area contributed by atoms with Gasteiger partial charge in [-0.25, -0.2) is 15.0 Å². The van der Waals surface area contributed by atoms with Gasteiger partial charge in [0.2, 0.25) is 0 Å². The highest BCUT2D eigenvalue weighted by atomic mass is 32.2. The quantitative estimate of drug-likeness (QED) is 0.804. The zero-order valence-electron chi connectivity index (χ0n) is 9.21. The maximum atomic E-state index is 4.27. The van der Waals surface area contributed by atoms with Gasteiger partial charge in [0.1, 0.15) is 0 Å². The van der Waals surface area contributed by atoms with Crippen molar-refractivity contribution in [3.05, 3.63) is 30.4 Å². The summed E-state index contributed by atoms with van der Waals surface area (Å²) < 4.78 is 1.94. The zero-order valence-corrected chi connectivity index (χ0v) is 10.0. The predicted molar refractivity (Wildman–Crippen MR) is 62.1 cm³/mol. The maximum Gasteiger partial charge on any atom is 0.195 e. The number of hydrogen-bond acceptors (Lipinski definition) is 5. The van der Waals surface area contributed by atoms with Crippen LogP contribution in [0.1, 0.15) is 5.56 Å². The molecule has 0 aliphatic carbocycles. The summed E-state index contributed by atoms with van der Waals surface area (Å²) >= 11 is 1.46. The van der Waals surface area contributed by atoms with Crippen molar-refractivity contribution in [1.82, 2.24) is 24.8 Å². The van der Waals surface area contributed by atoms with Crippen LogP contribution in [0.15, 0.2) is 35.1 Å². The van der Waals surface area contributed by atoms with Gasteiger partial charge in [0, 0.05) is 43.9 Å². The van der Waals surface area contributed by atoms with Crippen molar-refractivity contribution in [3.8, 4) is 0 Å². The molecule has 2 rings (SSSR count). The van der Waals surface area contributed by atoms with Gasteiger partial charge in [-0.1, -0.05) is 0 Å². The van der Waals surface area contributed by atoms with Crippen molar-refractivity contribution in [2.45, 2.75) is 16.9 Å². The van der Waals surface area contributed by atoms with Crippen molar-refractivity contribution in [3.63, 3.8) is 0 Å². The normalized spacial score (nSPS) is 10.6. The van der Waals surface area contributed by atoms with Crippen LogP contribution in [-0.4, -0.2) is 26.6 Å². The van der Waals surface area contributed by atoms with Crippen molar-refractivity contribution in [2.75, 3.05) is 7.05 Å². The first kappa shape index (κ1) is 11.1. The van der Waals surface area contributed by atoms with E-state index < -0.39 is 0 Å². The first-order valence-electron chi connectivity index (χ1n) is 4.90. The summed E-state index contributed by atoms with van der Waals surface area (Å²) in [5.74, 6) is 0. The summed E-state index contributed by atoms with van der Waals surface area (Å²) in [5.41, 5.74) is 1.08. The molecule has 0 aromatic carbocycles. The van der Waals surface area contributed by atoms with Crippen molar-refractivity contribution in [1.29, 1.82) is 0 Å². The second-order valence-corrected chi connectivity index (χ2v) is 4.26. The lowest BCUT2D eigenvalue weighted by molar-refractivity contribution is 0.777. The van der Waals surface area contributed by atoms with Gasteiger partial charge in [-0.2, -0.15) is 0 Å². The zero-order chi connectivity index (χ0) is 11.4. The van der Waals surface area contributed by atoms with Gasteiger partial charge in [0.05, 0.1) is 0 Å². The molecule has 0 fully saturated rings. The lowest BCUT2D eigenvalue weighted by Crippen LogP contribution is -2.06. The Morgan fingerprint density at radius 2 is 2.06 bits per heavy atom. The SMILES string of the molecule is CNCc1cnc(Sc2nccn2C)nc1. The van der Waals surface area contributed by atoms with E-state index in [0.29, 0.717) is 5.16 Å². The minimum absolute atomic E-state index is 0.717. The first-order chi connectivity index (χ1) is 7.79. The van der Waals surface area contributed by atoms with Gasteiger partial charge in [-0.3, -0.25) is 0 Å². The molecule has 1 N–H and O–H groups in total. The third-order valence-electron chi connectivity index (χ3n) is 2.02. The Labute approximate surface area is 98.3 Å². The van der Waals surface area contributed by atoms with E-state index in [9.17, 15) is 0 Å². The number of aromatic nitrogens is 4. The molecule has 0 bridgehead atoms. The Morgan fingerprint density at radius 1 is 1.31 bits per heavy atom. The molecule has 0 amide bonds. The van der Waals surface area contributed by atoms with Gasteiger partial charge in [-0.05, 0) is 18.8 Å². The number of imidazole rings is 1. The fraction of sp³-hybridized carbons (Fsp3) is 0.300. The standard InChI is InChI=1S/C10H13N5S/c1-11-5-8-6-13-9(14-7-8)16-10-12-3-4-15(10)2/h3-4,6-7,11H,5H2,1-2H3. The van der Waals surface area contributed by atoms with Crippen LogP contribution in [0, 0.1) is 0 Å². The van der Waals surface area contributed by atoms with E-state index in [4.69, 9.17) is 0 Å². The van der Waals surface area contributed by atoms with Crippen LogP contribution >= 0.6 is 11.8 Å². The Bertz CT molecular complexity index is 450. The molecular weight excluding hydrogens is 222 g/mol. The monoisotopic (exact) mass is 235 g/mol. The van der Waals surface area contributed by atoms with E-state index in [1.807, 2.05) is 37.3 Å². The Hall–Kier alpha value is -1.40. The highest BCUT2D eigenvalue weighted by molar-refractivity contribution is 7.99. The number of nitrogens with one attached hydrogen (secondary N) is 1. The molecule has 2 aromatic heterocycles. The van der Waals surface area contributed by atoms with Crippen LogP contribution in [-0.2, 0) is 13.6 Å². The number of rotatable bonds is 4. The number of aryl methyl sites for hydroxylation is 1. The van der Waals surface area contributed by atoms with E-state index in [2.05, 4.69) is 20.3 Å². The first-order valence-corrected chi connectivity index (χ1v) is 5.72. The second-order valence-electron chi connectivity index (χ2n) is 3.33. The molecule has 0 saturated carbocycles. The van der Waals surface area contributed by atoms with E-state index in [-0.39, 0.29) is 0 Å². The van der Waals surface area contributed by atoms with E-state index >= 15 is 0 Å². The molecule has 0 aliphatic heterocycles. The topological polar surface area (TPSA) is 55.6 Å². The van der Waals surface area contributed by atoms with Crippen LogP contribution in [0.2, 0.25) is 0 Å². The van der Waals surface area contributed by atoms with Gasteiger partial charge in [-0.15, -0.1) is 0 Å². The van der Waals surface area contributed by atoms with E-state index in [0.717, 1.165) is 17.3 Å². The third-order valence-corrected chi connectivity index (χ3v) is 2.99. The fourth-order valence-corrected chi connectivity index (χ4v) is 1.92. The highest BCUT2D eigenvalue weighted by Gasteiger charge is 2.04. The van der Waals surface area contributed by atoms with Crippen molar-refractivity contribution in [2.24, 2.45) is 7.05 Å². The van der Waals surface area contributed by atoms with E-state index in [1.165, 1.54) is 11.8 Å². The van der Waals surface area contributed by atoms with Gasteiger partial charge in [0.15, 0.2) is 10.3 Å². The fourth-order valence-electron chi connectivity index (χ4n) is 1.22. The maximum absolute atomic E-state index is 4.27. The number of hydrogen-bond donors (Lipinski definition) is 1. The smallest absolute Gasteiger partial charge is 0.195 e. The molecule has 2 heterocycles. The molecule has 5 nitrogen and oxygen atoms in total.